The smallest absolute Gasteiger partial charge is 0.168 e. The van der Waals surface area contributed by atoms with Gasteiger partial charge in [0.2, 0.25) is 0 Å². The van der Waals surface area contributed by atoms with Gasteiger partial charge in [0.25, 0.3) is 0 Å². The summed E-state index contributed by atoms with van der Waals surface area (Å²) in [5.41, 5.74) is 0.159. The van der Waals surface area contributed by atoms with E-state index in [1.807, 2.05) is 20.8 Å². The van der Waals surface area contributed by atoms with E-state index in [1.54, 1.807) is 0 Å². The quantitative estimate of drug-likeness (QED) is 0.626. The van der Waals surface area contributed by atoms with Gasteiger partial charge in [0.1, 0.15) is 5.82 Å². The Kier molecular flexibility index (Phi) is 3.99. The van der Waals surface area contributed by atoms with Crippen LogP contribution >= 0.6 is 0 Å². The average molecular weight is 196 g/mol. The topological polar surface area (TPSA) is 17.1 Å². The zero-order chi connectivity index (χ0) is 10.1. The minimum Gasteiger partial charge on any atom is -0.294 e. The Bertz CT molecular complexity index is 306. The minimum absolute atomic E-state index is 0. The number of hydrogen-bond donors (Lipinski definition) is 0. The summed E-state index contributed by atoms with van der Waals surface area (Å²) >= 11 is 0. The lowest BCUT2D eigenvalue weighted by atomic mass is 9.87. The predicted molar refractivity (Wildman–Crippen MR) is 56.9 cm³/mol. The molecule has 78 valence electrons. The number of rotatable bonds is 1. The van der Waals surface area contributed by atoms with Gasteiger partial charge in [0, 0.05) is 11.0 Å². The van der Waals surface area contributed by atoms with Gasteiger partial charge in [0.15, 0.2) is 5.78 Å². The van der Waals surface area contributed by atoms with Gasteiger partial charge in [0.05, 0.1) is 0 Å². The van der Waals surface area contributed by atoms with Crippen molar-refractivity contribution in [3.8, 4) is 0 Å². The standard InChI is InChI=1S/C11H13FO.CH4/c1-11(2,3)10(13)8-4-6-9(12)7-5-8;/h4-7H,1-3H3;1H4. The second-order valence-electron chi connectivity index (χ2n) is 4.09. The molecule has 2 heteroatoms. The molecule has 1 aromatic carbocycles. The summed E-state index contributed by atoms with van der Waals surface area (Å²) in [6.07, 6.45) is 0. The van der Waals surface area contributed by atoms with Crippen LogP contribution in [0.25, 0.3) is 0 Å². The van der Waals surface area contributed by atoms with Gasteiger partial charge in [-0.3, -0.25) is 4.79 Å². The Morgan fingerprint density at radius 3 is 1.93 bits per heavy atom. The first-order valence-electron chi connectivity index (χ1n) is 4.21. The fraction of sp³-hybridized carbons (Fsp3) is 0.417. The molecule has 1 nitrogen and oxygen atoms in total. The van der Waals surface area contributed by atoms with Crippen molar-refractivity contribution in [1.82, 2.24) is 0 Å². The van der Waals surface area contributed by atoms with E-state index in [4.69, 9.17) is 0 Å². The SMILES string of the molecule is C.CC(C)(C)C(=O)c1ccc(F)cc1. The van der Waals surface area contributed by atoms with E-state index in [9.17, 15) is 9.18 Å². The van der Waals surface area contributed by atoms with Crippen LogP contribution in [0.2, 0.25) is 0 Å². The second kappa shape index (κ2) is 4.36. The highest BCUT2D eigenvalue weighted by molar-refractivity contribution is 5.99. The summed E-state index contributed by atoms with van der Waals surface area (Å²) in [5, 5.41) is 0. The maximum absolute atomic E-state index is 12.5. The molecule has 14 heavy (non-hydrogen) atoms. The highest BCUT2D eigenvalue weighted by Crippen LogP contribution is 2.20. The van der Waals surface area contributed by atoms with Gasteiger partial charge in [-0.25, -0.2) is 4.39 Å². The van der Waals surface area contributed by atoms with E-state index in [0.717, 1.165) is 0 Å². The zero-order valence-electron chi connectivity index (χ0n) is 8.10. The van der Waals surface area contributed by atoms with Crippen LogP contribution in [0.3, 0.4) is 0 Å². The highest BCUT2D eigenvalue weighted by Gasteiger charge is 2.22. The van der Waals surface area contributed by atoms with Crippen LogP contribution in [0.4, 0.5) is 4.39 Å². The van der Waals surface area contributed by atoms with Gasteiger partial charge in [-0.05, 0) is 24.3 Å². The van der Waals surface area contributed by atoms with Crippen LogP contribution in [-0.2, 0) is 0 Å². The summed E-state index contributed by atoms with van der Waals surface area (Å²) in [7, 11) is 0. The fourth-order valence-electron chi connectivity index (χ4n) is 1.03. The highest BCUT2D eigenvalue weighted by atomic mass is 19.1. The first kappa shape index (κ1) is 12.8. The Labute approximate surface area is 85.0 Å². The third-order valence-electron chi connectivity index (χ3n) is 1.79. The first-order chi connectivity index (χ1) is 5.91. The molecular weight excluding hydrogens is 179 g/mol. The minimum atomic E-state index is -0.405. The van der Waals surface area contributed by atoms with Gasteiger partial charge in [-0.1, -0.05) is 28.2 Å². The molecule has 0 amide bonds. The molecule has 0 saturated carbocycles. The average Bonchev–Trinajstić information content (AvgIpc) is 2.03. The summed E-state index contributed by atoms with van der Waals surface area (Å²) in [6, 6.07) is 5.64. The van der Waals surface area contributed by atoms with E-state index in [-0.39, 0.29) is 19.0 Å². The van der Waals surface area contributed by atoms with Crippen LogP contribution in [-0.4, -0.2) is 5.78 Å². The number of benzene rings is 1. The number of carbonyl (C=O) groups is 1. The van der Waals surface area contributed by atoms with Crippen molar-refractivity contribution in [3.05, 3.63) is 35.6 Å². The van der Waals surface area contributed by atoms with Crippen LogP contribution < -0.4 is 0 Å². The van der Waals surface area contributed by atoms with Gasteiger partial charge in [-0.15, -0.1) is 0 Å². The monoisotopic (exact) mass is 196 g/mol. The number of halogens is 1. The summed E-state index contributed by atoms with van der Waals surface area (Å²) in [5.74, 6) is -0.280. The normalized spacial score (nSPS) is 10.6. The Morgan fingerprint density at radius 1 is 1.14 bits per heavy atom. The Morgan fingerprint density at radius 2 is 1.57 bits per heavy atom. The largest absolute Gasteiger partial charge is 0.294 e. The van der Waals surface area contributed by atoms with Crippen molar-refractivity contribution in [2.24, 2.45) is 5.41 Å². The van der Waals surface area contributed by atoms with Gasteiger partial charge >= 0.3 is 0 Å². The number of carbonyl (C=O) groups excluding carboxylic acids is 1. The van der Waals surface area contributed by atoms with E-state index < -0.39 is 5.41 Å². The molecule has 1 rings (SSSR count). The molecule has 0 fully saturated rings. The van der Waals surface area contributed by atoms with E-state index >= 15 is 0 Å². The number of hydrogen-bond acceptors (Lipinski definition) is 1. The maximum Gasteiger partial charge on any atom is 0.168 e. The molecular formula is C12H17FO. The zero-order valence-corrected chi connectivity index (χ0v) is 8.10. The lowest BCUT2D eigenvalue weighted by Gasteiger charge is -2.16. The predicted octanol–water partition coefficient (Wildman–Crippen LogP) is 3.69. The number of ketones is 1. The van der Waals surface area contributed by atoms with Crippen LogP contribution in [0, 0.1) is 11.2 Å². The molecule has 0 aromatic heterocycles. The molecule has 1 aromatic rings. The van der Waals surface area contributed by atoms with Crippen molar-refractivity contribution in [3.63, 3.8) is 0 Å². The third kappa shape index (κ3) is 2.95. The molecule has 0 aliphatic carbocycles. The number of Topliss-reactive ketones (excluding diaryl/α,β-unsaturated/α-hetero) is 1. The van der Waals surface area contributed by atoms with E-state index in [1.165, 1.54) is 24.3 Å². The fourth-order valence-corrected chi connectivity index (χ4v) is 1.03. The molecule has 0 saturated heterocycles. The molecule has 0 aliphatic heterocycles. The second-order valence-corrected chi connectivity index (χ2v) is 4.09. The molecule has 0 aliphatic rings. The molecule has 0 atom stereocenters. The molecule has 0 radical (unpaired) electrons. The molecule has 0 heterocycles. The maximum atomic E-state index is 12.5. The lowest BCUT2D eigenvalue weighted by molar-refractivity contribution is 0.0858. The van der Waals surface area contributed by atoms with Crippen molar-refractivity contribution >= 4 is 5.78 Å². The van der Waals surface area contributed by atoms with Gasteiger partial charge < -0.3 is 0 Å². The first-order valence-corrected chi connectivity index (χ1v) is 4.21. The van der Waals surface area contributed by atoms with E-state index in [0.29, 0.717) is 5.56 Å². The Balaban J connectivity index is 0.00000169. The van der Waals surface area contributed by atoms with Crippen LogP contribution in [0.15, 0.2) is 24.3 Å². The lowest BCUT2D eigenvalue weighted by Crippen LogP contribution is -2.19. The molecule has 0 N–H and O–H groups in total. The molecule has 0 unspecified atom stereocenters. The molecule has 0 bridgehead atoms. The van der Waals surface area contributed by atoms with E-state index in [2.05, 4.69) is 0 Å². The van der Waals surface area contributed by atoms with Crippen molar-refractivity contribution in [2.75, 3.05) is 0 Å². The summed E-state index contributed by atoms with van der Waals surface area (Å²) in [6.45, 7) is 5.54. The summed E-state index contributed by atoms with van der Waals surface area (Å²) in [4.78, 5) is 11.7. The van der Waals surface area contributed by atoms with Crippen LogP contribution in [0.1, 0.15) is 38.6 Å². The van der Waals surface area contributed by atoms with Crippen molar-refractivity contribution in [2.45, 2.75) is 28.2 Å². The van der Waals surface area contributed by atoms with Gasteiger partial charge in [-0.2, -0.15) is 0 Å². The van der Waals surface area contributed by atoms with Crippen molar-refractivity contribution < 1.29 is 9.18 Å². The summed E-state index contributed by atoms with van der Waals surface area (Å²) < 4.78 is 12.5. The van der Waals surface area contributed by atoms with Crippen molar-refractivity contribution in [1.29, 1.82) is 0 Å². The van der Waals surface area contributed by atoms with Crippen LogP contribution in [0.5, 0.6) is 0 Å². The Hall–Kier alpha value is -1.18. The molecule has 0 spiro atoms. The third-order valence-corrected chi connectivity index (χ3v) is 1.79.